The van der Waals surface area contributed by atoms with Gasteiger partial charge < -0.3 is 15.8 Å². The maximum absolute atomic E-state index is 11.2. The third-order valence-corrected chi connectivity index (χ3v) is 1.73. The maximum atomic E-state index is 11.2. The fourth-order valence-corrected chi connectivity index (χ4v) is 1.14. The van der Waals surface area contributed by atoms with E-state index >= 15 is 0 Å². The minimum Gasteiger partial charge on any atom is -0.396 e. The quantitative estimate of drug-likeness (QED) is 0.599. The van der Waals surface area contributed by atoms with Crippen LogP contribution in [0.15, 0.2) is 17.1 Å². The van der Waals surface area contributed by atoms with E-state index in [4.69, 9.17) is 10.8 Å². The number of aromatic amines is 1. The molecule has 1 amide bonds. The van der Waals surface area contributed by atoms with Crippen molar-refractivity contribution in [2.45, 2.75) is 6.42 Å². The lowest BCUT2D eigenvalue weighted by Crippen LogP contribution is -2.25. The molecular weight excluding hydrogens is 184 g/mol. The van der Waals surface area contributed by atoms with Crippen molar-refractivity contribution in [3.8, 4) is 0 Å². The van der Waals surface area contributed by atoms with Crippen LogP contribution in [0, 0.1) is 6.42 Å². The number of aromatic nitrogens is 1. The summed E-state index contributed by atoms with van der Waals surface area (Å²) in [7, 11) is 0. The van der Waals surface area contributed by atoms with Crippen LogP contribution < -0.4 is 11.3 Å². The van der Waals surface area contributed by atoms with Crippen LogP contribution in [0.25, 0.3) is 0 Å². The molecule has 1 heterocycles. The molecule has 1 rings (SSSR count). The van der Waals surface area contributed by atoms with E-state index in [2.05, 4.69) is 4.98 Å². The Bertz CT molecular complexity index is 384. The average molecular weight is 195 g/mol. The normalized spacial score (nSPS) is 10.1. The molecule has 0 saturated heterocycles. The van der Waals surface area contributed by atoms with E-state index in [1.807, 2.05) is 0 Å². The van der Waals surface area contributed by atoms with Gasteiger partial charge in [-0.15, -0.1) is 0 Å². The molecule has 0 aliphatic heterocycles. The summed E-state index contributed by atoms with van der Waals surface area (Å²) in [5.74, 6) is -0.768. The number of rotatable bonds is 4. The SMILES string of the molecule is NC(=O)c1c([CH]CCO)cc[nH]c1=O. The molecule has 0 atom stereocenters. The van der Waals surface area contributed by atoms with Gasteiger partial charge in [0, 0.05) is 12.8 Å². The van der Waals surface area contributed by atoms with Gasteiger partial charge in [-0.3, -0.25) is 9.59 Å². The molecule has 0 spiro atoms. The largest absolute Gasteiger partial charge is 0.396 e. The zero-order chi connectivity index (χ0) is 10.6. The van der Waals surface area contributed by atoms with E-state index in [0.717, 1.165) is 0 Å². The van der Waals surface area contributed by atoms with Crippen LogP contribution >= 0.6 is 0 Å². The van der Waals surface area contributed by atoms with Gasteiger partial charge in [-0.2, -0.15) is 0 Å². The van der Waals surface area contributed by atoms with E-state index in [9.17, 15) is 9.59 Å². The summed E-state index contributed by atoms with van der Waals surface area (Å²) in [6.45, 7) is -0.0367. The summed E-state index contributed by atoms with van der Waals surface area (Å²) in [6, 6.07) is 1.57. The van der Waals surface area contributed by atoms with Crippen molar-refractivity contribution in [2.24, 2.45) is 5.73 Å². The Morgan fingerprint density at radius 1 is 1.64 bits per heavy atom. The zero-order valence-corrected chi connectivity index (χ0v) is 7.49. The Morgan fingerprint density at radius 3 is 2.93 bits per heavy atom. The van der Waals surface area contributed by atoms with Gasteiger partial charge in [0.15, 0.2) is 0 Å². The fourth-order valence-electron chi connectivity index (χ4n) is 1.14. The van der Waals surface area contributed by atoms with E-state index in [0.29, 0.717) is 12.0 Å². The van der Waals surface area contributed by atoms with Crippen molar-refractivity contribution in [3.05, 3.63) is 40.2 Å². The number of primary amides is 1. The Labute approximate surface area is 80.6 Å². The van der Waals surface area contributed by atoms with Gasteiger partial charge in [0.2, 0.25) is 0 Å². The van der Waals surface area contributed by atoms with Crippen LogP contribution in [0.2, 0.25) is 0 Å². The molecule has 0 aliphatic carbocycles. The van der Waals surface area contributed by atoms with Crippen molar-refractivity contribution in [2.75, 3.05) is 6.61 Å². The lowest BCUT2D eigenvalue weighted by atomic mass is 10.1. The molecule has 0 fully saturated rings. The van der Waals surface area contributed by atoms with Gasteiger partial charge in [-0.25, -0.2) is 0 Å². The molecule has 14 heavy (non-hydrogen) atoms. The molecular formula is C9H11N2O3. The summed E-state index contributed by atoms with van der Waals surface area (Å²) >= 11 is 0. The fraction of sp³-hybridized carbons (Fsp3) is 0.222. The minimum atomic E-state index is -0.768. The lowest BCUT2D eigenvalue weighted by Gasteiger charge is -2.03. The highest BCUT2D eigenvalue weighted by molar-refractivity contribution is 5.94. The summed E-state index contributed by atoms with van der Waals surface area (Å²) in [5, 5.41) is 8.59. The number of nitrogens with two attached hydrogens (primary N) is 1. The van der Waals surface area contributed by atoms with Crippen molar-refractivity contribution < 1.29 is 9.90 Å². The topological polar surface area (TPSA) is 96.2 Å². The zero-order valence-electron chi connectivity index (χ0n) is 7.49. The van der Waals surface area contributed by atoms with Crippen LogP contribution in [0.4, 0.5) is 0 Å². The summed E-state index contributed by atoms with van der Waals surface area (Å²) in [5.41, 5.74) is 4.92. The predicted molar refractivity (Wildman–Crippen MR) is 50.7 cm³/mol. The van der Waals surface area contributed by atoms with Gasteiger partial charge >= 0.3 is 0 Å². The molecule has 0 aromatic carbocycles. The van der Waals surface area contributed by atoms with Gasteiger partial charge in [-0.05, 0) is 24.5 Å². The standard InChI is InChI=1S/C9H11N2O3/c10-8(13)7-6(2-1-5-12)3-4-11-9(7)14/h2-4,12H,1,5H2,(H2,10,13)(H,11,14). The van der Waals surface area contributed by atoms with Gasteiger partial charge in [0.25, 0.3) is 11.5 Å². The van der Waals surface area contributed by atoms with Crippen LogP contribution in [-0.2, 0) is 0 Å². The predicted octanol–water partition coefficient (Wildman–Crippen LogP) is -0.591. The molecule has 0 aliphatic rings. The lowest BCUT2D eigenvalue weighted by molar-refractivity contribution is 0.0998. The third-order valence-electron chi connectivity index (χ3n) is 1.73. The minimum absolute atomic E-state index is 0.0367. The molecule has 75 valence electrons. The Morgan fingerprint density at radius 2 is 2.36 bits per heavy atom. The number of nitrogens with one attached hydrogen (secondary N) is 1. The first-order valence-corrected chi connectivity index (χ1v) is 4.12. The Hall–Kier alpha value is -1.62. The molecule has 1 radical (unpaired) electrons. The average Bonchev–Trinajstić information content (AvgIpc) is 2.14. The summed E-state index contributed by atoms with van der Waals surface area (Å²) < 4.78 is 0. The number of hydrogen-bond donors (Lipinski definition) is 3. The smallest absolute Gasteiger partial charge is 0.261 e. The van der Waals surface area contributed by atoms with Crippen LogP contribution in [-0.4, -0.2) is 22.6 Å². The van der Waals surface area contributed by atoms with Crippen LogP contribution in [0.1, 0.15) is 22.3 Å². The van der Waals surface area contributed by atoms with E-state index in [-0.39, 0.29) is 12.2 Å². The van der Waals surface area contributed by atoms with Gasteiger partial charge in [0.1, 0.15) is 5.56 Å². The Kier molecular flexibility index (Phi) is 3.41. The number of carbonyl (C=O) groups excluding carboxylic acids is 1. The maximum Gasteiger partial charge on any atom is 0.261 e. The molecule has 1 aromatic rings. The number of H-pyrrole nitrogens is 1. The third kappa shape index (κ3) is 2.20. The molecule has 4 N–H and O–H groups in total. The van der Waals surface area contributed by atoms with Crippen LogP contribution in [0.3, 0.4) is 0 Å². The van der Waals surface area contributed by atoms with Crippen LogP contribution in [0.5, 0.6) is 0 Å². The van der Waals surface area contributed by atoms with Gasteiger partial charge in [-0.1, -0.05) is 0 Å². The molecule has 0 unspecified atom stereocenters. The highest BCUT2D eigenvalue weighted by atomic mass is 16.3. The number of pyridine rings is 1. The van der Waals surface area contributed by atoms with Crippen molar-refractivity contribution in [3.63, 3.8) is 0 Å². The highest BCUT2D eigenvalue weighted by Gasteiger charge is 2.11. The Balaban J connectivity index is 3.08. The van der Waals surface area contributed by atoms with E-state index < -0.39 is 11.5 Å². The van der Waals surface area contributed by atoms with Crippen molar-refractivity contribution >= 4 is 5.91 Å². The second-order valence-electron chi connectivity index (χ2n) is 2.72. The number of hydrogen-bond acceptors (Lipinski definition) is 3. The monoisotopic (exact) mass is 195 g/mol. The summed E-state index contributed by atoms with van der Waals surface area (Å²) in [4.78, 5) is 24.5. The van der Waals surface area contributed by atoms with E-state index in [1.54, 1.807) is 12.5 Å². The van der Waals surface area contributed by atoms with Gasteiger partial charge in [0.05, 0.1) is 0 Å². The first-order chi connectivity index (χ1) is 6.66. The molecule has 0 saturated carbocycles. The van der Waals surface area contributed by atoms with Crippen molar-refractivity contribution in [1.29, 1.82) is 0 Å². The molecule has 5 nitrogen and oxygen atoms in total. The number of carbonyl (C=O) groups is 1. The first kappa shape index (κ1) is 10.5. The molecule has 5 heteroatoms. The molecule has 0 bridgehead atoms. The first-order valence-electron chi connectivity index (χ1n) is 4.12. The highest BCUT2D eigenvalue weighted by Crippen LogP contribution is 2.07. The second-order valence-corrected chi connectivity index (χ2v) is 2.72. The van der Waals surface area contributed by atoms with E-state index in [1.165, 1.54) is 6.20 Å². The number of aliphatic hydroxyl groups is 1. The number of aliphatic hydroxyl groups excluding tert-OH is 1. The molecule has 1 aromatic heterocycles. The number of amides is 1. The van der Waals surface area contributed by atoms with Crippen molar-refractivity contribution in [1.82, 2.24) is 4.98 Å². The second kappa shape index (κ2) is 4.57. The summed E-state index contributed by atoms with van der Waals surface area (Å²) in [6.07, 6.45) is 3.40.